The standard InChI is InChI=1S/C9H14O/c1-2-3-4-6-9-7-5-8-10-9/h5,7-8H,2-4,6H2,1H3/i1D3,2D2,3D2,4D2,6D2. The number of hydrogen-bond acceptors (Lipinski definition) is 1. The summed E-state index contributed by atoms with van der Waals surface area (Å²) in [6.45, 7) is -3.47. The van der Waals surface area contributed by atoms with Gasteiger partial charge in [0.1, 0.15) is 5.76 Å². The summed E-state index contributed by atoms with van der Waals surface area (Å²) >= 11 is 0. The SMILES string of the molecule is [2H]C([2H])([2H])C([2H])([2H])C([2H])([2H])C([2H])([2H])C([2H])([2H])c1ccco1. The maximum atomic E-state index is 7.73. The maximum Gasteiger partial charge on any atom is 0.103 e. The summed E-state index contributed by atoms with van der Waals surface area (Å²) in [6, 6.07) is 2.33. The van der Waals surface area contributed by atoms with Gasteiger partial charge in [-0.05, 0) is 18.5 Å². The summed E-state index contributed by atoms with van der Waals surface area (Å²) in [5.74, 6) is -0.558. The molecule has 0 aliphatic heterocycles. The van der Waals surface area contributed by atoms with E-state index in [9.17, 15) is 0 Å². The van der Waals surface area contributed by atoms with Crippen LogP contribution in [0.5, 0.6) is 0 Å². The van der Waals surface area contributed by atoms with Gasteiger partial charge < -0.3 is 4.42 Å². The minimum atomic E-state index is -3.65. The molecule has 1 heterocycles. The third-order valence-electron chi connectivity index (χ3n) is 0.832. The molecule has 0 saturated heterocycles. The monoisotopic (exact) mass is 149 g/mol. The predicted molar refractivity (Wildman–Crippen MR) is 41.9 cm³/mol. The third kappa shape index (κ3) is 2.26. The molecule has 0 amide bonds. The fourth-order valence-corrected chi connectivity index (χ4v) is 0.474. The second kappa shape index (κ2) is 4.15. The van der Waals surface area contributed by atoms with E-state index in [2.05, 4.69) is 0 Å². The molecule has 0 radical (unpaired) electrons. The molecule has 0 saturated carbocycles. The first-order chi connectivity index (χ1) is 9.11. The molecule has 56 valence electrons. The van der Waals surface area contributed by atoms with Crippen molar-refractivity contribution in [2.75, 3.05) is 0 Å². The molecule has 1 aromatic rings. The van der Waals surface area contributed by atoms with Gasteiger partial charge in [-0.3, -0.25) is 0 Å². The smallest absolute Gasteiger partial charge is 0.103 e. The van der Waals surface area contributed by atoms with E-state index in [0.717, 1.165) is 12.3 Å². The molecule has 0 spiro atoms. The van der Waals surface area contributed by atoms with Gasteiger partial charge in [0.2, 0.25) is 0 Å². The molecule has 1 nitrogen and oxygen atoms in total. The molecule has 0 aromatic carbocycles. The van der Waals surface area contributed by atoms with Crippen molar-refractivity contribution in [2.45, 2.75) is 32.3 Å². The Morgan fingerprint density at radius 1 is 1.70 bits per heavy atom. The molecule has 1 rings (SSSR count). The second-order valence-electron chi connectivity index (χ2n) is 1.48. The first kappa shape index (κ1) is 1.55. The first-order valence-corrected chi connectivity index (χ1v) is 2.65. The van der Waals surface area contributed by atoms with Gasteiger partial charge in [-0.2, -0.15) is 0 Å². The summed E-state index contributed by atoms with van der Waals surface area (Å²) in [7, 11) is 0. The zero-order valence-electron chi connectivity index (χ0n) is 16.1. The van der Waals surface area contributed by atoms with Crippen molar-refractivity contribution in [3.8, 4) is 0 Å². The molecular weight excluding hydrogens is 124 g/mol. The summed E-state index contributed by atoms with van der Waals surface area (Å²) < 4.78 is 86.9. The largest absolute Gasteiger partial charge is 0.469 e. The molecule has 0 fully saturated rings. The Morgan fingerprint density at radius 3 is 3.40 bits per heavy atom. The van der Waals surface area contributed by atoms with E-state index in [4.69, 9.17) is 19.5 Å². The van der Waals surface area contributed by atoms with Crippen molar-refractivity contribution in [3.63, 3.8) is 0 Å². The lowest BCUT2D eigenvalue weighted by molar-refractivity contribution is 0.497. The Labute approximate surface area is 77.5 Å². The summed E-state index contributed by atoms with van der Waals surface area (Å²) in [5.41, 5.74) is 0. The molecule has 0 bridgehead atoms. The van der Waals surface area contributed by atoms with Crippen LogP contribution in [0, 0.1) is 0 Å². The first-order valence-electron chi connectivity index (χ1n) is 8.15. The van der Waals surface area contributed by atoms with E-state index in [1.807, 2.05) is 0 Å². The number of hydrogen-bond donors (Lipinski definition) is 0. The number of aryl methyl sites for hydroxylation is 1. The van der Waals surface area contributed by atoms with Crippen LogP contribution in [0.25, 0.3) is 0 Å². The summed E-state index contributed by atoms with van der Waals surface area (Å²) in [6.07, 6.45) is -12.8. The van der Waals surface area contributed by atoms with Crippen LogP contribution in [-0.4, -0.2) is 0 Å². The van der Waals surface area contributed by atoms with E-state index in [1.54, 1.807) is 0 Å². The molecule has 1 aromatic heterocycles. The zero-order valence-corrected chi connectivity index (χ0v) is 5.14. The lowest BCUT2D eigenvalue weighted by Crippen LogP contribution is -1.80. The highest BCUT2D eigenvalue weighted by Gasteiger charge is 1.92. The molecule has 10 heavy (non-hydrogen) atoms. The molecule has 0 aliphatic carbocycles. The van der Waals surface area contributed by atoms with Crippen LogP contribution in [0.3, 0.4) is 0 Å². The van der Waals surface area contributed by atoms with Crippen LogP contribution >= 0.6 is 0 Å². The number of furan rings is 1. The molecule has 0 N–H and O–H groups in total. The zero-order chi connectivity index (χ0) is 16.9. The van der Waals surface area contributed by atoms with Crippen LogP contribution in [0.2, 0.25) is 0 Å². The molecule has 0 unspecified atom stereocenters. The Morgan fingerprint density at radius 2 is 2.70 bits per heavy atom. The quantitative estimate of drug-likeness (QED) is 0.641. The van der Waals surface area contributed by atoms with Crippen molar-refractivity contribution in [1.82, 2.24) is 0 Å². The lowest BCUT2D eigenvalue weighted by atomic mass is 10.2. The highest BCUT2D eigenvalue weighted by atomic mass is 16.3. The molecule has 1 heteroatoms. The van der Waals surface area contributed by atoms with E-state index in [0.29, 0.717) is 0 Å². The lowest BCUT2D eigenvalue weighted by Gasteiger charge is -1.93. The van der Waals surface area contributed by atoms with Gasteiger partial charge >= 0.3 is 0 Å². The molecule has 0 atom stereocenters. The minimum Gasteiger partial charge on any atom is -0.469 e. The summed E-state index contributed by atoms with van der Waals surface area (Å²) in [5, 5.41) is 0. The normalized spacial score (nSPS) is 33.4. The van der Waals surface area contributed by atoms with Crippen LogP contribution < -0.4 is 0 Å². The minimum absolute atomic E-state index is 0.558. The fourth-order valence-electron chi connectivity index (χ4n) is 0.474. The average molecular weight is 149 g/mol. The van der Waals surface area contributed by atoms with Gasteiger partial charge in [0, 0.05) is 21.5 Å². The average Bonchev–Trinajstić information content (AvgIpc) is 2.80. The Kier molecular flexibility index (Phi) is 0.642. The summed E-state index contributed by atoms with van der Waals surface area (Å²) in [4.78, 5) is 0. The van der Waals surface area contributed by atoms with E-state index in [-0.39, 0.29) is 0 Å². The second-order valence-corrected chi connectivity index (χ2v) is 1.48. The number of rotatable bonds is 4. The van der Waals surface area contributed by atoms with Gasteiger partial charge in [-0.25, -0.2) is 0 Å². The molecule has 0 aliphatic rings. The van der Waals surface area contributed by atoms with Gasteiger partial charge in [0.05, 0.1) is 6.26 Å². The van der Waals surface area contributed by atoms with Crippen LogP contribution in [0.15, 0.2) is 22.8 Å². The van der Waals surface area contributed by atoms with Crippen molar-refractivity contribution < 1.29 is 19.5 Å². The Hall–Kier alpha value is -0.720. The van der Waals surface area contributed by atoms with E-state index < -0.39 is 38.1 Å². The topological polar surface area (TPSA) is 13.1 Å². The Balaban J connectivity index is 3.41. The van der Waals surface area contributed by atoms with Gasteiger partial charge in [-0.15, -0.1) is 0 Å². The fraction of sp³-hybridized carbons (Fsp3) is 0.556. The van der Waals surface area contributed by atoms with Crippen molar-refractivity contribution >= 4 is 0 Å². The van der Waals surface area contributed by atoms with Crippen LogP contribution in [-0.2, 0) is 6.37 Å². The van der Waals surface area contributed by atoms with Crippen molar-refractivity contribution in [3.05, 3.63) is 24.2 Å². The molecular formula is C9H14O. The van der Waals surface area contributed by atoms with Gasteiger partial charge in [-0.1, -0.05) is 19.6 Å². The highest BCUT2D eigenvalue weighted by molar-refractivity contribution is 4.97. The van der Waals surface area contributed by atoms with Crippen molar-refractivity contribution in [1.29, 1.82) is 0 Å². The van der Waals surface area contributed by atoms with Gasteiger partial charge in [0.25, 0.3) is 0 Å². The van der Waals surface area contributed by atoms with Crippen LogP contribution in [0.1, 0.15) is 46.8 Å². The van der Waals surface area contributed by atoms with Gasteiger partial charge in [0.15, 0.2) is 0 Å². The van der Waals surface area contributed by atoms with E-state index in [1.165, 1.54) is 6.07 Å². The Bertz CT molecular complexity index is 484. The van der Waals surface area contributed by atoms with Crippen molar-refractivity contribution in [2.24, 2.45) is 0 Å². The maximum absolute atomic E-state index is 7.73. The highest BCUT2D eigenvalue weighted by Crippen LogP contribution is 2.06. The van der Waals surface area contributed by atoms with E-state index >= 15 is 0 Å². The third-order valence-corrected chi connectivity index (χ3v) is 0.832. The predicted octanol–water partition coefficient (Wildman–Crippen LogP) is 3.01. The van der Waals surface area contributed by atoms with Crippen LogP contribution in [0.4, 0.5) is 0 Å².